The van der Waals surface area contributed by atoms with Gasteiger partial charge in [-0.25, -0.2) is 0 Å². The van der Waals surface area contributed by atoms with Gasteiger partial charge in [0, 0.05) is 20.1 Å². The number of unbranched alkanes of at least 4 members (excludes halogenated alkanes) is 1. The Kier molecular flexibility index (Phi) is 14.2. The minimum absolute atomic E-state index is 0. The molecule has 1 aromatic carbocycles. The fourth-order valence-electron chi connectivity index (χ4n) is 2.40. The molecule has 132 valence electrons. The van der Waals surface area contributed by atoms with E-state index in [0.717, 1.165) is 38.6 Å². The van der Waals surface area contributed by atoms with Gasteiger partial charge in [-0.05, 0) is 44.5 Å². The molecule has 0 unspecified atom stereocenters. The van der Waals surface area contributed by atoms with E-state index in [0.29, 0.717) is 0 Å². The number of guanidine groups is 1. The quantitative estimate of drug-likeness (QED) is 0.258. The number of rotatable bonds is 10. The summed E-state index contributed by atoms with van der Waals surface area (Å²) in [4.78, 5) is 6.73. The molecule has 0 saturated heterocycles. The maximum absolute atomic E-state index is 4.27. The molecular formula is C18H33IN4. The summed E-state index contributed by atoms with van der Waals surface area (Å²) < 4.78 is 0. The van der Waals surface area contributed by atoms with E-state index in [1.54, 1.807) is 0 Å². The van der Waals surface area contributed by atoms with Crippen molar-refractivity contribution in [2.45, 2.75) is 33.1 Å². The number of nitrogens with zero attached hydrogens (tertiary/aromatic N) is 2. The van der Waals surface area contributed by atoms with E-state index in [1.165, 1.54) is 24.9 Å². The normalized spacial score (nSPS) is 11.2. The zero-order valence-electron chi connectivity index (χ0n) is 14.8. The van der Waals surface area contributed by atoms with Crippen molar-refractivity contribution >= 4 is 29.9 Å². The van der Waals surface area contributed by atoms with Crippen LogP contribution in [0.5, 0.6) is 0 Å². The standard InChI is InChI=1S/C18H32N4.HI/c1-4-22(5-2)16-10-9-14-20-18(19-3)21-15-13-17-11-7-6-8-12-17;/h6-8,11-12H,4-5,9-10,13-16H2,1-3H3,(H2,19,20,21);1H. The van der Waals surface area contributed by atoms with E-state index in [4.69, 9.17) is 0 Å². The van der Waals surface area contributed by atoms with Crippen LogP contribution in [0.4, 0.5) is 0 Å². The fourth-order valence-corrected chi connectivity index (χ4v) is 2.40. The Bertz CT molecular complexity index is 405. The second kappa shape index (κ2) is 14.8. The van der Waals surface area contributed by atoms with Crippen LogP contribution < -0.4 is 10.6 Å². The van der Waals surface area contributed by atoms with Crippen LogP contribution in [-0.4, -0.2) is 50.6 Å². The van der Waals surface area contributed by atoms with Gasteiger partial charge in [-0.3, -0.25) is 4.99 Å². The first kappa shape index (κ1) is 22.2. The minimum atomic E-state index is 0. The molecule has 0 amide bonds. The molecule has 0 fully saturated rings. The van der Waals surface area contributed by atoms with Crippen molar-refractivity contribution in [3.8, 4) is 0 Å². The highest BCUT2D eigenvalue weighted by Crippen LogP contribution is 1.98. The number of nitrogens with one attached hydrogen (secondary N) is 2. The Morgan fingerprint density at radius 1 is 1.00 bits per heavy atom. The van der Waals surface area contributed by atoms with E-state index >= 15 is 0 Å². The molecule has 1 aromatic rings. The highest BCUT2D eigenvalue weighted by Gasteiger charge is 2.00. The lowest BCUT2D eigenvalue weighted by atomic mass is 10.1. The maximum atomic E-state index is 4.27. The van der Waals surface area contributed by atoms with Gasteiger partial charge >= 0.3 is 0 Å². The van der Waals surface area contributed by atoms with Crippen molar-refractivity contribution in [1.82, 2.24) is 15.5 Å². The van der Waals surface area contributed by atoms with E-state index in [1.807, 2.05) is 7.05 Å². The fraction of sp³-hybridized carbons (Fsp3) is 0.611. The van der Waals surface area contributed by atoms with Gasteiger partial charge in [-0.2, -0.15) is 0 Å². The van der Waals surface area contributed by atoms with Gasteiger partial charge in [0.15, 0.2) is 5.96 Å². The Morgan fingerprint density at radius 3 is 2.26 bits per heavy atom. The molecule has 0 atom stereocenters. The summed E-state index contributed by atoms with van der Waals surface area (Å²) in [5.74, 6) is 0.902. The van der Waals surface area contributed by atoms with Crippen LogP contribution in [0, 0.1) is 0 Å². The second-order valence-corrected chi connectivity index (χ2v) is 5.40. The summed E-state index contributed by atoms with van der Waals surface area (Å²) in [5.41, 5.74) is 1.35. The summed E-state index contributed by atoms with van der Waals surface area (Å²) in [6.07, 6.45) is 3.43. The van der Waals surface area contributed by atoms with Crippen molar-refractivity contribution in [1.29, 1.82) is 0 Å². The highest BCUT2D eigenvalue weighted by molar-refractivity contribution is 14.0. The molecule has 0 aliphatic heterocycles. The van der Waals surface area contributed by atoms with Gasteiger partial charge in [-0.1, -0.05) is 44.2 Å². The van der Waals surface area contributed by atoms with Crippen molar-refractivity contribution in [3.63, 3.8) is 0 Å². The van der Waals surface area contributed by atoms with Crippen molar-refractivity contribution in [2.24, 2.45) is 4.99 Å². The minimum Gasteiger partial charge on any atom is -0.356 e. The lowest BCUT2D eigenvalue weighted by Gasteiger charge is -2.18. The molecule has 0 saturated carbocycles. The first-order valence-corrected chi connectivity index (χ1v) is 8.51. The van der Waals surface area contributed by atoms with Crippen molar-refractivity contribution in [2.75, 3.05) is 39.8 Å². The molecule has 23 heavy (non-hydrogen) atoms. The molecule has 0 bridgehead atoms. The number of benzene rings is 1. The van der Waals surface area contributed by atoms with Crippen molar-refractivity contribution in [3.05, 3.63) is 35.9 Å². The monoisotopic (exact) mass is 432 g/mol. The third-order valence-corrected chi connectivity index (χ3v) is 3.86. The van der Waals surface area contributed by atoms with E-state index < -0.39 is 0 Å². The largest absolute Gasteiger partial charge is 0.356 e. The molecule has 4 nitrogen and oxygen atoms in total. The lowest BCUT2D eigenvalue weighted by molar-refractivity contribution is 0.297. The predicted molar refractivity (Wildman–Crippen MR) is 112 cm³/mol. The van der Waals surface area contributed by atoms with Gasteiger partial charge < -0.3 is 15.5 Å². The topological polar surface area (TPSA) is 39.7 Å². The summed E-state index contributed by atoms with van der Waals surface area (Å²) in [7, 11) is 1.83. The van der Waals surface area contributed by atoms with Crippen molar-refractivity contribution < 1.29 is 0 Å². The van der Waals surface area contributed by atoms with Crippen LogP contribution in [-0.2, 0) is 6.42 Å². The highest BCUT2D eigenvalue weighted by atomic mass is 127. The van der Waals surface area contributed by atoms with E-state index in [9.17, 15) is 0 Å². The Hall–Kier alpha value is -0.820. The van der Waals surface area contributed by atoms with Gasteiger partial charge in [-0.15, -0.1) is 24.0 Å². The number of hydrogen-bond acceptors (Lipinski definition) is 2. The molecule has 1 rings (SSSR count). The first-order chi connectivity index (χ1) is 10.8. The van der Waals surface area contributed by atoms with E-state index in [-0.39, 0.29) is 24.0 Å². The molecule has 0 aliphatic carbocycles. The molecule has 0 heterocycles. The molecule has 2 N–H and O–H groups in total. The van der Waals surface area contributed by atoms with Crippen LogP contribution in [0.3, 0.4) is 0 Å². The smallest absolute Gasteiger partial charge is 0.190 e. The van der Waals surface area contributed by atoms with E-state index in [2.05, 4.69) is 64.7 Å². The van der Waals surface area contributed by atoms with Crippen LogP contribution >= 0.6 is 24.0 Å². The average Bonchev–Trinajstić information content (AvgIpc) is 2.57. The predicted octanol–water partition coefficient (Wildman–Crippen LogP) is 3.13. The zero-order chi connectivity index (χ0) is 16.0. The SMILES string of the molecule is CCN(CC)CCCCNC(=NC)NCCc1ccccc1.I. The number of halogens is 1. The van der Waals surface area contributed by atoms with Crippen LogP contribution in [0.1, 0.15) is 32.3 Å². The lowest BCUT2D eigenvalue weighted by Crippen LogP contribution is -2.38. The summed E-state index contributed by atoms with van der Waals surface area (Å²) in [5, 5.41) is 6.75. The third-order valence-electron chi connectivity index (χ3n) is 3.86. The summed E-state index contributed by atoms with van der Waals surface area (Å²) >= 11 is 0. The van der Waals surface area contributed by atoms with Crippen LogP contribution in [0.25, 0.3) is 0 Å². The summed E-state index contributed by atoms with van der Waals surface area (Å²) in [6.45, 7) is 9.81. The first-order valence-electron chi connectivity index (χ1n) is 8.51. The van der Waals surface area contributed by atoms with Crippen LogP contribution in [0.15, 0.2) is 35.3 Å². The van der Waals surface area contributed by atoms with Gasteiger partial charge in [0.2, 0.25) is 0 Å². The summed E-state index contributed by atoms with van der Waals surface area (Å²) in [6, 6.07) is 10.5. The van der Waals surface area contributed by atoms with Gasteiger partial charge in [0.1, 0.15) is 0 Å². The molecular weight excluding hydrogens is 399 g/mol. The Morgan fingerprint density at radius 2 is 1.65 bits per heavy atom. The van der Waals surface area contributed by atoms with Gasteiger partial charge in [0.05, 0.1) is 0 Å². The van der Waals surface area contributed by atoms with Crippen LogP contribution in [0.2, 0.25) is 0 Å². The Labute approximate surface area is 159 Å². The zero-order valence-corrected chi connectivity index (χ0v) is 17.2. The third kappa shape index (κ3) is 10.5. The molecule has 0 spiro atoms. The molecule has 0 aromatic heterocycles. The molecule has 0 radical (unpaired) electrons. The maximum Gasteiger partial charge on any atom is 0.190 e. The average molecular weight is 432 g/mol. The molecule has 0 aliphatic rings. The number of aliphatic imine (C=N–C) groups is 1. The number of hydrogen-bond donors (Lipinski definition) is 2. The molecule has 5 heteroatoms. The second-order valence-electron chi connectivity index (χ2n) is 5.40. The Balaban J connectivity index is 0.00000484. The van der Waals surface area contributed by atoms with Gasteiger partial charge in [0.25, 0.3) is 0 Å².